The Bertz CT molecular complexity index is 594. The van der Waals surface area contributed by atoms with E-state index in [-0.39, 0.29) is 12.2 Å². The van der Waals surface area contributed by atoms with E-state index >= 15 is 0 Å². The molecule has 1 fully saturated rings. The molecular weight excluding hydrogens is 306 g/mol. The lowest BCUT2D eigenvalue weighted by atomic mass is 10.2. The van der Waals surface area contributed by atoms with Crippen LogP contribution in [0.4, 0.5) is 5.82 Å². The van der Waals surface area contributed by atoms with Gasteiger partial charge < -0.3 is 9.64 Å². The molecule has 19 heavy (non-hydrogen) atoms. The van der Waals surface area contributed by atoms with E-state index in [4.69, 9.17) is 4.74 Å². The molecule has 1 aromatic heterocycles. The van der Waals surface area contributed by atoms with Crippen LogP contribution in [-0.4, -0.2) is 35.3 Å². The average Bonchev–Trinajstić information content (AvgIpc) is 2.37. The largest absolute Gasteiger partial charge is 0.372 e. The van der Waals surface area contributed by atoms with Crippen molar-refractivity contribution in [1.29, 1.82) is 0 Å². The minimum absolute atomic E-state index is 0.223. The fourth-order valence-corrected chi connectivity index (χ4v) is 3.11. The number of aromatic nitrogens is 2. The molecular formula is C14H16BrN3O. The van der Waals surface area contributed by atoms with Crippen LogP contribution in [0.1, 0.15) is 13.8 Å². The van der Waals surface area contributed by atoms with E-state index in [1.165, 1.54) is 0 Å². The zero-order chi connectivity index (χ0) is 13.4. The van der Waals surface area contributed by atoms with Crippen molar-refractivity contribution in [3.05, 3.63) is 29.0 Å². The number of hydrogen-bond acceptors (Lipinski definition) is 4. The van der Waals surface area contributed by atoms with E-state index in [0.29, 0.717) is 0 Å². The standard InChI is InChI=1S/C14H16BrN3O/c1-9-6-18(7-10(2)19-9)14-11-4-3-5-12(15)13(11)16-8-17-14/h3-5,8-10H,6-7H2,1-2H3/t9-,10-/m1/s1. The van der Waals surface area contributed by atoms with Gasteiger partial charge in [0.25, 0.3) is 0 Å². The van der Waals surface area contributed by atoms with Crippen LogP contribution in [0.2, 0.25) is 0 Å². The molecule has 0 bridgehead atoms. The van der Waals surface area contributed by atoms with Gasteiger partial charge in [-0.3, -0.25) is 0 Å². The van der Waals surface area contributed by atoms with Gasteiger partial charge in [-0.05, 0) is 41.9 Å². The van der Waals surface area contributed by atoms with Gasteiger partial charge in [0.05, 0.1) is 17.7 Å². The summed E-state index contributed by atoms with van der Waals surface area (Å²) in [6.07, 6.45) is 2.08. The van der Waals surface area contributed by atoms with Gasteiger partial charge in [0.15, 0.2) is 0 Å². The maximum Gasteiger partial charge on any atom is 0.140 e. The van der Waals surface area contributed by atoms with Crippen molar-refractivity contribution in [2.24, 2.45) is 0 Å². The molecule has 4 nitrogen and oxygen atoms in total. The van der Waals surface area contributed by atoms with E-state index in [0.717, 1.165) is 34.3 Å². The summed E-state index contributed by atoms with van der Waals surface area (Å²) >= 11 is 3.55. The smallest absolute Gasteiger partial charge is 0.140 e. The van der Waals surface area contributed by atoms with E-state index in [1.807, 2.05) is 12.1 Å². The number of fused-ring (bicyclic) bond motifs is 1. The minimum Gasteiger partial charge on any atom is -0.372 e. The highest BCUT2D eigenvalue weighted by molar-refractivity contribution is 9.10. The maximum absolute atomic E-state index is 5.78. The quantitative estimate of drug-likeness (QED) is 0.809. The van der Waals surface area contributed by atoms with Crippen LogP contribution in [0, 0.1) is 0 Å². The second-order valence-corrected chi connectivity index (χ2v) is 5.85. The van der Waals surface area contributed by atoms with Gasteiger partial charge in [0, 0.05) is 22.9 Å². The molecule has 5 heteroatoms. The predicted octanol–water partition coefficient (Wildman–Crippen LogP) is 3.01. The van der Waals surface area contributed by atoms with Gasteiger partial charge in [0.2, 0.25) is 0 Å². The van der Waals surface area contributed by atoms with Gasteiger partial charge in [-0.15, -0.1) is 0 Å². The number of halogens is 1. The first-order chi connectivity index (χ1) is 9.15. The zero-order valence-corrected chi connectivity index (χ0v) is 12.6. The van der Waals surface area contributed by atoms with Crippen molar-refractivity contribution in [3.8, 4) is 0 Å². The van der Waals surface area contributed by atoms with Gasteiger partial charge in [-0.1, -0.05) is 6.07 Å². The lowest BCUT2D eigenvalue weighted by Crippen LogP contribution is -2.45. The maximum atomic E-state index is 5.78. The lowest BCUT2D eigenvalue weighted by molar-refractivity contribution is -0.00537. The Balaban J connectivity index is 2.07. The van der Waals surface area contributed by atoms with Crippen LogP contribution in [0.5, 0.6) is 0 Å². The normalized spacial score (nSPS) is 23.8. The number of rotatable bonds is 1. The second kappa shape index (κ2) is 5.06. The van der Waals surface area contributed by atoms with Crippen LogP contribution in [0.25, 0.3) is 10.9 Å². The summed E-state index contributed by atoms with van der Waals surface area (Å²) in [6, 6.07) is 6.09. The van der Waals surface area contributed by atoms with Crippen LogP contribution in [-0.2, 0) is 4.74 Å². The second-order valence-electron chi connectivity index (χ2n) is 5.00. The van der Waals surface area contributed by atoms with E-state index in [9.17, 15) is 0 Å². The molecule has 0 saturated carbocycles. The van der Waals surface area contributed by atoms with E-state index in [2.05, 4.69) is 50.7 Å². The van der Waals surface area contributed by atoms with Gasteiger partial charge >= 0.3 is 0 Å². The summed E-state index contributed by atoms with van der Waals surface area (Å²) in [5, 5.41) is 1.08. The molecule has 2 aromatic rings. The summed E-state index contributed by atoms with van der Waals surface area (Å²) < 4.78 is 6.78. The molecule has 0 aliphatic carbocycles. The first-order valence-electron chi connectivity index (χ1n) is 6.45. The molecule has 0 radical (unpaired) electrons. The molecule has 0 unspecified atom stereocenters. The lowest BCUT2D eigenvalue weighted by Gasteiger charge is -2.36. The SMILES string of the molecule is C[C@@H]1CN(c2ncnc3c(Br)cccc23)C[C@@H](C)O1. The summed E-state index contributed by atoms with van der Waals surface area (Å²) in [5.74, 6) is 0.994. The molecule has 1 saturated heterocycles. The van der Waals surface area contributed by atoms with E-state index in [1.54, 1.807) is 6.33 Å². The van der Waals surface area contributed by atoms with Crippen molar-refractivity contribution in [1.82, 2.24) is 9.97 Å². The van der Waals surface area contributed by atoms with Crippen molar-refractivity contribution in [3.63, 3.8) is 0 Å². The summed E-state index contributed by atoms with van der Waals surface area (Å²) in [5.41, 5.74) is 0.958. The zero-order valence-electron chi connectivity index (χ0n) is 11.0. The Morgan fingerprint density at radius 3 is 2.68 bits per heavy atom. The monoisotopic (exact) mass is 321 g/mol. The highest BCUT2D eigenvalue weighted by Crippen LogP contribution is 2.29. The number of benzene rings is 1. The highest BCUT2D eigenvalue weighted by Gasteiger charge is 2.24. The van der Waals surface area contributed by atoms with Crippen molar-refractivity contribution < 1.29 is 4.74 Å². The molecule has 2 heterocycles. The fraction of sp³-hybridized carbons (Fsp3) is 0.429. The van der Waals surface area contributed by atoms with Crippen molar-refractivity contribution in [2.45, 2.75) is 26.1 Å². The Labute approximate surface area is 120 Å². The van der Waals surface area contributed by atoms with Gasteiger partial charge in [-0.2, -0.15) is 0 Å². The summed E-state index contributed by atoms with van der Waals surface area (Å²) in [4.78, 5) is 11.1. The topological polar surface area (TPSA) is 38.2 Å². The Kier molecular flexibility index (Phi) is 3.41. The molecule has 0 amide bonds. The predicted molar refractivity (Wildman–Crippen MR) is 79.5 cm³/mol. The van der Waals surface area contributed by atoms with Gasteiger partial charge in [-0.25, -0.2) is 9.97 Å². The third-order valence-corrected chi connectivity index (χ3v) is 3.95. The molecule has 100 valence electrons. The molecule has 0 spiro atoms. The summed E-state index contributed by atoms with van der Waals surface area (Å²) in [6.45, 7) is 5.93. The number of ether oxygens (including phenoxy) is 1. The fourth-order valence-electron chi connectivity index (χ4n) is 2.64. The summed E-state index contributed by atoms with van der Waals surface area (Å²) in [7, 11) is 0. The molecule has 2 atom stereocenters. The molecule has 3 rings (SSSR count). The highest BCUT2D eigenvalue weighted by atomic mass is 79.9. The number of para-hydroxylation sites is 1. The molecule has 1 aliphatic rings. The third-order valence-electron chi connectivity index (χ3n) is 3.31. The average molecular weight is 322 g/mol. The van der Waals surface area contributed by atoms with Crippen molar-refractivity contribution in [2.75, 3.05) is 18.0 Å². The number of nitrogens with zero attached hydrogens (tertiary/aromatic N) is 3. The third kappa shape index (κ3) is 2.44. The first kappa shape index (κ1) is 12.8. The number of hydrogen-bond donors (Lipinski definition) is 0. The molecule has 1 aromatic carbocycles. The number of morpholine rings is 1. The molecule has 0 N–H and O–H groups in total. The minimum atomic E-state index is 0.223. The Morgan fingerprint density at radius 1 is 1.21 bits per heavy atom. The Hall–Kier alpha value is -1.20. The van der Waals surface area contributed by atoms with Crippen LogP contribution in [0.15, 0.2) is 29.0 Å². The van der Waals surface area contributed by atoms with Crippen molar-refractivity contribution >= 4 is 32.7 Å². The van der Waals surface area contributed by atoms with Gasteiger partial charge in [0.1, 0.15) is 12.1 Å². The molecule has 1 aliphatic heterocycles. The number of anilines is 1. The van der Waals surface area contributed by atoms with Crippen LogP contribution < -0.4 is 4.90 Å². The Morgan fingerprint density at radius 2 is 1.95 bits per heavy atom. The van der Waals surface area contributed by atoms with Crippen LogP contribution in [0.3, 0.4) is 0 Å². The van der Waals surface area contributed by atoms with Crippen LogP contribution >= 0.6 is 15.9 Å². The van der Waals surface area contributed by atoms with E-state index < -0.39 is 0 Å². The first-order valence-corrected chi connectivity index (χ1v) is 7.24.